The molecule has 0 atom stereocenters. The van der Waals surface area contributed by atoms with Crippen molar-refractivity contribution in [3.63, 3.8) is 0 Å². The van der Waals surface area contributed by atoms with Crippen LogP contribution in [-0.2, 0) is 0 Å². The Morgan fingerprint density at radius 2 is 1.83 bits per heavy atom. The lowest BCUT2D eigenvalue weighted by molar-refractivity contribution is 0.102. The van der Waals surface area contributed by atoms with Gasteiger partial charge in [-0.05, 0) is 49.2 Å². The summed E-state index contributed by atoms with van der Waals surface area (Å²) in [7, 11) is 0. The van der Waals surface area contributed by atoms with Crippen molar-refractivity contribution in [2.75, 3.05) is 5.32 Å². The van der Waals surface area contributed by atoms with E-state index in [1.165, 1.54) is 11.3 Å². The summed E-state index contributed by atoms with van der Waals surface area (Å²) in [6.07, 6.45) is 0. The lowest BCUT2D eigenvalue weighted by Gasteiger charge is -2.05. The molecule has 1 aromatic heterocycles. The average Bonchev–Trinajstić information content (AvgIpc) is 3.01. The Bertz CT molecular complexity index is 921. The Morgan fingerprint density at radius 3 is 2.54 bits per heavy atom. The second-order valence-electron chi connectivity index (χ2n) is 5.42. The van der Waals surface area contributed by atoms with Gasteiger partial charge < -0.3 is 0 Å². The molecule has 1 N–H and O–H groups in total. The van der Waals surface area contributed by atoms with Gasteiger partial charge in [-0.25, -0.2) is 4.98 Å². The van der Waals surface area contributed by atoms with Crippen LogP contribution in [0.2, 0.25) is 10.0 Å². The fourth-order valence-electron chi connectivity index (χ4n) is 2.17. The second-order valence-corrected chi connectivity index (χ2v) is 7.09. The molecule has 3 nitrogen and oxygen atoms in total. The Morgan fingerprint density at radius 1 is 1.04 bits per heavy atom. The Balaban J connectivity index is 1.79. The number of carbonyl (C=O) groups is 1. The first-order chi connectivity index (χ1) is 11.4. The van der Waals surface area contributed by atoms with Crippen molar-refractivity contribution < 1.29 is 4.79 Å². The molecule has 0 spiro atoms. The number of hydrogen-bond donors (Lipinski definition) is 1. The van der Waals surface area contributed by atoms with Crippen molar-refractivity contribution in [1.29, 1.82) is 0 Å². The van der Waals surface area contributed by atoms with Crippen LogP contribution >= 0.6 is 34.5 Å². The first-order valence-electron chi connectivity index (χ1n) is 7.23. The standard InChI is InChI=1S/C18H14Cl2N2OS/c1-10-3-4-13(7-11(10)2)17(23)22-18-21-16(9-24-18)12-5-6-14(19)15(20)8-12/h3-9H,1-2H3,(H,21,22,23). The van der Waals surface area contributed by atoms with Crippen molar-refractivity contribution in [2.45, 2.75) is 13.8 Å². The average molecular weight is 377 g/mol. The van der Waals surface area contributed by atoms with Gasteiger partial charge in [-0.15, -0.1) is 11.3 Å². The molecular formula is C18H14Cl2N2OS. The summed E-state index contributed by atoms with van der Waals surface area (Å²) in [6.45, 7) is 4.00. The maximum atomic E-state index is 12.3. The van der Waals surface area contributed by atoms with Crippen molar-refractivity contribution >= 4 is 45.6 Å². The molecule has 0 saturated carbocycles. The predicted molar refractivity (Wildman–Crippen MR) is 101 cm³/mol. The zero-order valence-corrected chi connectivity index (χ0v) is 15.4. The molecule has 0 fully saturated rings. The van der Waals surface area contributed by atoms with Gasteiger partial charge in [0.2, 0.25) is 0 Å². The number of hydrogen-bond acceptors (Lipinski definition) is 3. The summed E-state index contributed by atoms with van der Waals surface area (Å²) in [5.74, 6) is -0.173. The molecule has 0 aliphatic rings. The molecule has 2 aromatic carbocycles. The number of anilines is 1. The third-order valence-electron chi connectivity index (χ3n) is 3.71. The number of benzene rings is 2. The number of carbonyl (C=O) groups excluding carboxylic acids is 1. The fourth-order valence-corrected chi connectivity index (χ4v) is 3.18. The number of rotatable bonds is 3. The molecule has 0 radical (unpaired) electrons. The normalized spacial score (nSPS) is 10.7. The van der Waals surface area contributed by atoms with Gasteiger partial charge >= 0.3 is 0 Å². The summed E-state index contributed by atoms with van der Waals surface area (Å²) in [5, 5.41) is 6.22. The minimum absolute atomic E-state index is 0.173. The molecule has 3 aromatic rings. The summed E-state index contributed by atoms with van der Waals surface area (Å²) in [5.41, 5.74) is 4.45. The molecule has 1 amide bonds. The van der Waals surface area contributed by atoms with Crippen molar-refractivity contribution in [3.8, 4) is 11.3 Å². The lowest BCUT2D eigenvalue weighted by Crippen LogP contribution is -2.12. The lowest BCUT2D eigenvalue weighted by atomic mass is 10.1. The van der Waals surface area contributed by atoms with Crippen LogP contribution in [0.5, 0.6) is 0 Å². The van der Waals surface area contributed by atoms with Gasteiger partial charge in [0.25, 0.3) is 5.91 Å². The first-order valence-corrected chi connectivity index (χ1v) is 8.87. The van der Waals surface area contributed by atoms with Gasteiger partial charge in [0.1, 0.15) is 0 Å². The van der Waals surface area contributed by atoms with Gasteiger partial charge in [-0.1, -0.05) is 35.3 Å². The second kappa shape index (κ2) is 6.93. The van der Waals surface area contributed by atoms with E-state index in [4.69, 9.17) is 23.2 Å². The van der Waals surface area contributed by atoms with Gasteiger partial charge in [-0.3, -0.25) is 10.1 Å². The highest BCUT2D eigenvalue weighted by Crippen LogP contribution is 2.30. The molecule has 0 aliphatic heterocycles. The van der Waals surface area contributed by atoms with E-state index in [1.807, 2.05) is 43.5 Å². The van der Waals surface area contributed by atoms with Crippen LogP contribution in [0, 0.1) is 13.8 Å². The van der Waals surface area contributed by atoms with Crippen LogP contribution in [0.3, 0.4) is 0 Å². The third-order valence-corrected chi connectivity index (χ3v) is 5.21. The molecule has 24 heavy (non-hydrogen) atoms. The maximum Gasteiger partial charge on any atom is 0.257 e. The van der Waals surface area contributed by atoms with Crippen molar-refractivity contribution in [2.24, 2.45) is 0 Å². The number of nitrogens with one attached hydrogen (secondary N) is 1. The zero-order chi connectivity index (χ0) is 17.3. The van der Waals surface area contributed by atoms with Crippen LogP contribution in [-0.4, -0.2) is 10.9 Å². The summed E-state index contributed by atoms with van der Waals surface area (Å²) < 4.78 is 0. The van der Waals surface area contributed by atoms with Crippen molar-refractivity contribution in [1.82, 2.24) is 4.98 Å². The van der Waals surface area contributed by atoms with Gasteiger partial charge in [-0.2, -0.15) is 0 Å². The molecule has 6 heteroatoms. The number of nitrogens with zero attached hydrogens (tertiary/aromatic N) is 1. The maximum absolute atomic E-state index is 12.3. The SMILES string of the molecule is Cc1ccc(C(=O)Nc2nc(-c3ccc(Cl)c(Cl)c3)cs2)cc1C. The molecule has 0 unspecified atom stereocenters. The molecule has 3 rings (SSSR count). The minimum Gasteiger partial charge on any atom is -0.298 e. The topological polar surface area (TPSA) is 42.0 Å². The highest BCUT2D eigenvalue weighted by atomic mass is 35.5. The highest BCUT2D eigenvalue weighted by molar-refractivity contribution is 7.14. The van der Waals surface area contributed by atoms with Crippen LogP contribution < -0.4 is 5.32 Å². The van der Waals surface area contributed by atoms with Gasteiger partial charge in [0, 0.05) is 16.5 Å². The summed E-state index contributed by atoms with van der Waals surface area (Å²) in [4.78, 5) is 16.8. The Kier molecular flexibility index (Phi) is 4.90. The number of aryl methyl sites for hydroxylation is 2. The first kappa shape index (κ1) is 17.0. The van der Waals surface area contributed by atoms with E-state index >= 15 is 0 Å². The number of thiazole rings is 1. The zero-order valence-electron chi connectivity index (χ0n) is 13.1. The summed E-state index contributed by atoms with van der Waals surface area (Å²) >= 11 is 13.3. The highest BCUT2D eigenvalue weighted by Gasteiger charge is 2.11. The van der Waals surface area contributed by atoms with Gasteiger partial charge in [0.05, 0.1) is 15.7 Å². The minimum atomic E-state index is -0.173. The quantitative estimate of drug-likeness (QED) is 0.610. The van der Waals surface area contributed by atoms with Crippen molar-refractivity contribution in [3.05, 3.63) is 68.5 Å². The molecule has 0 saturated heterocycles. The third kappa shape index (κ3) is 3.61. The van der Waals surface area contributed by atoms with E-state index in [0.29, 0.717) is 20.7 Å². The van der Waals surface area contributed by atoms with Crippen LogP contribution in [0.25, 0.3) is 11.3 Å². The van der Waals surface area contributed by atoms with Crippen LogP contribution in [0.15, 0.2) is 41.8 Å². The van der Waals surface area contributed by atoms with E-state index in [9.17, 15) is 4.79 Å². The molecule has 0 aliphatic carbocycles. The Hall–Kier alpha value is -1.88. The van der Waals surface area contributed by atoms with E-state index in [2.05, 4.69) is 10.3 Å². The number of halogens is 2. The van der Waals surface area contributed by atoms with Crippen LogP contribution in [0.1, 0.15) is 21.5 Å². The molecule has 122 valence electrons. The van der Waals surface area contributed by atoms with E-state index in [0.717, 1.165) is 22.4 Å². The molecular weight excluding hydrogens is 363 g/mol. The fraction of sp³-hybridized carbons (Fsp3) is 0.111. The van der Waals surface area contributed by atoms with Crippen LogP contribution in [0.4, 0.5) is 5.13 Å². The molecule has 0 bridgehead atoms. The summed E-state index contributed by atoms with van der Waals surface area (Å²) in [6, 6.07) is 11.0. The van der Waals surface area contributed by atoms with E-state index in [1.54, 1.807) is 12.1 Å². The van der Waals surface area contributed by atoms with Gasteiger partial charge in [0.15, 0.2) is 5.13 Å². The largest absolute Gasteiger partial charge is 0.298 e. The number of amides is 1. The smallest absolute Gasteiger partial charge is 0.257 e. The monoisotopic (exact) mass is 376 g/mol. The Labute approximate surface area is 154 Å². The van der Waals surface area contributed by atoms with E-state index < -0.39 is 0 Å². The van der Waals surface area contributed by atoms with E-state index in [-0.39, 0.29) is 5.91 Å². The number of aromatic nitrogens is 1. The molecule has 1 heterocycles. The predicted octanol–water partition coefficient (Wildman–Crippen LogP) is 5.99.